The molecule has 0 fully saturated rings. The Morgan fingerprint density at radius 1 is 0.920 bits per heavy atom. The first-order valence-electron chi connectivity index (χ1n) is 8.40. The van der Waals surface area contributed by atoms with Crippen molar-refractivity contribution in [1.82, 2.24) is 4.98 Å². The van der Waals surface area contributed by atoms with Crippen molar-refractivity contribution in [3.8, 4) is 11.1 Å². The van der Waals surface area contributed by atoms with Crippen molar-refractivity contribution in [2.45, 2.75) is 20.3 Å². The Morgan fingerprint density at radius 3 is 2.48 bits per heavy atom. The van der Waals surface area contributed by atoms with E-state index < -0.39 is 0 Å². The predicted molar refractivity (Wildman–Crippen MR) is 103 cm³/mol. The van der Waals surface area contributed by atoms with Gasteiger partial charge in [-0.25, -0.2) is 4.98 Å². The lowest BCUT2D eigenvalue weighted by molar-refractivity contribution is 0.561. The Morgan fingerprint density at radius 2 is 1.72 bits per heavy atom. The average Bonchev–Trinajstić information content (AvgIpc) is 2.96. The van der Waals surface area contributed by atoms with E-state index in [-0.39, 0.29) is 0 Å². The highest BCUT2D eigenvalue weighted by Crippen LogP contribution is 2.31. The van der Waals surface area contributed by atoms with E-state index in [1.165, 1.54) is 16.7 Å². The molecule has 0 amide bonds. The van der Waals surface area contributed by atoms with Crippen molar-refractivity contribution >= 4 is 16.8 Å². The number of oxazole rings is 1. The Balaban J connectivity index is 1.84. The number of nitrogens with zero attached hydrogens (tertiary/aromatic N) is 1. The normalized spacial score (nSPS) is 11.1. The summed E-state index contributed by atoms with van der Waals surface area (Å²) in [6.07, 6.45) is 0.828. The number of hydrogen-bond acceptors (Lipinski definition) is 3. The number of benzene rings is 3. The van der Waals surface area contributed by atoms with E-state index in [0.29, 0.717) is 5.89 Å². The standard InChI is InChI=1S/C22H20N2O/c1-14-4-3-5-18(10-14)20-12-17(11-16-6-8-19(23)9-7-16)13-21-22(20)24-15(2)25-21/h3-10,12-13H,11,23H2,1-2H3. The van der Waals surface area contributed by atoms with Crippen LogP contribution in [0.3, 0.4) is 0 Å². The molecular formula is C22H20N2O. The molecule has 25 heavy (non-hydrogen) atoms. The van der Waals surface area contributed by atoms with E-state index in [2.05, 4.69) is 60.4 Å². The molecule has 124 valence electrons. The molecule has 0 radical (unpaired) electrons. The number of hydrogen-bond donors (Lipinski definition) is 1. The maximum Gasteiger partial charge on any atom is 0.192 e. The third-order valence-corrected chi connectivity index (χ3v) is 4.38. The molecule has 0 aliphatic carbocycles. The Labute approximate surface area is 147 Å². The van der Waals surface area contributed by atoms with E-state index in [4.69, 9.17) is 10.2 Å². The van der Waals surface area contributed by atoms with Gasteiger partial charge in [0.15, 0.2) is 11.5 Å². The molecular weight excluding hydrogens is 308 g/mol. The van der Waals surface area contributed by atoms with Gasteiger partial charge in [-0.2, -0.15) is 0 Å². The topological polar surface area (TPSA) is 52.0 Å². The number of fused-ring (bicyclic) bond motifs is 1. The molecule has 3 aromatic carbocycles. The Kier molecular flexibility index (Phi) is 3.77. The van der Waals surface area contributed by atoms with Gasteiger partial charge in [-0.15, -0.1) is 0 Å². The summed E-state index contributed by atoms with van der Waals surface area (Å²) >= 11 is 0. The molecule has 0 aliphatic rings. The van der Waals surface area contributed by atoms with Crippen LogP contribution in [0.2, 0.25) is 0 Å². The largest absolute Gasteiger partial charge is 0.441 e. The zero-order valence-electron chi connectivity index (χ0n) is 14.4. The fourth-order valence-electron chi connectivity index (χ4n) is 3.20. The molecule has 4 rings (SSSR count). The van der Waals surface area contributed by atoms with Gasteiger partial charge in [0.25, 0.3) is 0 Å². The molecule has 0 spiro atoms. The van der Waals surface area contributed by atoms with Gasteiger partial charge in [0, 0.05) is 18.2 Å². The van der Waals surface area contributed by atoms with Gasteiger partial charge < -0.3 is 10.2 Å². The van der Waals surface area contributed by atoms with Crippen molar-refractivity contribution < 1.29 is 4.42 Å². The second-order valence-electron chi connectivity index (χ2n) is 6.51. The molecule has 0 unspecified atom stereocenters. The minimum absolute atomic E-state index is 0.688. The first kappa shape index (κ1) is 15.5. The van der Waals surface area contributed by atoms with Gasteiger partial charge >= 0.3 is 0 Å². The molecule has 0 aliphatic heterocycles. The zero-order chi connectivity index (χ0) is 17.4. The van der Waals surface area contributed by atoms with E-state index in [1.54, 1.807) is 0 Å². The molecule has 0 saturated heterocycles. The molecule has 3 nitrogen and oxygen atoms in total. The molecule has 1 aromatic heterocycles. The van der Waals surface area contributed by atoms with Gasteiger partial charge in [0.05, 0.1) is 0 Å². The first-order chi connectivity index (χ1) is 12.1. The Bertz CT molecular complexity index is 1050. The highest BCUT2D eigenvalue weighted by molar-refractivity contribution is 5.91. The summed E-state index contributed by atoms with van der Waals surface area (Å²) in [7, 11) is 0. The predicted octanol–water partition coefficient (Wildman–Crippen LogP) is 5.28. The monoisotopic (exact) mass is 328 g/mol. The van der Waals surface area contributed by atoms with E-state index in [9.17, 15) is 0 Å². The summed E-state index contributed by atoms with van der Waals surface area (Å²) in [6, 6.07) is 20.8. The van der Waals surface area contributed by atoms with Crippen LogP contribution in [-0.2, 0) is 6.42 Å². The van der Waals surface area contributed by atoms with Crippen LogP contribution in [0.1, 0.15) is 22.6 Å². The van der Waals surface area contributed by atoms with Crippen molar-refractivity contribution in [1.29, 1.82) is 0 Å². The van der Waals surface area contributed by atoms with Crippen molar-refractivity contribution in [2.24, 2.45) is 0 Å². The Hall–Kier alpha value is -3.07. The maximum absolute atomic E-state index is 5.83. The fraction of sp³-hybridized carbons (Fsp3) is 0.136. The number of nitrogen functional groups attached to an aromatic ring is 1. The van der Waals surface area contributed by atoms with Gasteiger partial charge in [0.2, 0.25) is 0 Å². The van der Waals surface area contributed by atoms with E-state index in [0.717, 1.165) is 34.3 Å². The molecule has 3 heteroatoms. The van der Waals surface area contributed by atoms with Crippen molar-refractivity contribution in [3.05, 3.63) is 83.2 Å². The lowest BCUT2D eigenvalue weighted by Crippen LogP contribution is -1.92. The second kappa shape index (κ2) is 6.10. The van der Waals surface area contributed by atoms with Crippen LogP contribution in [0.25, 0.3) is 22.2 Å². The third-order valence-electron chi connectivity index (χ3n) is 4.38. The highest BCUT2D eigenvalue weighted by Gasteiger charge is 2.12. The van der Waals surface area contributed by atoms with Crippen molar-refractivity contribution in [3.63, 3.8) is 0 Å². The SMILES string of the molecule is Cc1cccc(-c2cc(Cc3ccc(N)cc3)cc3oc(C)nc23)c1. The van der Waals surface area contributed by atoms with Gasteiger partial charge in [-0.05, 0) is 54.3 Å². The van der Waals surface area contributed by atoms with Crippen LogP contribution in [0.4, 0.5) is 5.69 Å². The molecule has 0 bridgehead atoms. The zero-order valence-corrected chi connectivity index (χ0v) is 14.4. The summed E-state index contributed by atoms with van der Waals surface area (Å²) in [5.74, 6) is 0.688. The fourth-order valence-corrected chi connectivity index (χ4v) is 3.20. The molecule has 4 aromatic rings. The maximum atomic E-state index is 5.83. The summed E-state index contributed by atoms with van der Waals surface area (Å²) in [4.78, 5) is 4.60. The quantitative estimate of drug-likeness (QED) is 0.520. The van der Waals surface area contributed by atoms with Crippen molar-refractivity contribution in [2.75, 3.05) is 5.73 Å². The van der Waals surface area contributed by atoms with Gasteiger partial charge in [-0.3, -0.25) is 0 Å². The van der Waals surface area contributed by atoms with Crippen LogP contribution in [-0.4, -0.2) is 4.98 Å². The summed E-state index contributed by atoms with van der Waals surface area (Å²) in [5.41, 5.74) is 14.3. The number of aromatic nitrogens is 1. The number of nitrogens with two attached hydrogens (primary N) is 1. The minimum Gasteiger partial charge on any atom is -0.441 e. The smallest absolute Gasteiger partial charge is 0.192 e. The lowest BCUT2D eigenvalue weighted by atomic mass is 9.97. The first-order valence-corrected chi connectivity index (χ1v) is 8.40. The average molecular weight is 328 g/mol. The number of anilines is 1. The van der Waals surface area contributed by atoms with Gasteiger partial charge in [-0.1, -0.05) is 42.0 Å². The van der Waals surface area contributed by atoms with E-state index in [1.807, 2.05) is 19.1 Å². The van der Waals surface area contributed by atoms with Crippen LogP contribution in [0.15, 0.2) is 65.1 Å². The van der Waals surface area contributed by atoms with E-state index >= 15 is 0 Å². The number of rotatable bonds is 3. The van der Waals surface area contributed by atoms with Gasteiger partial charge in [0.1, 0.15) is 5.52 Å². The molecule has 0 saturated carbocycles. The minimum atomic E-state index is 0.688. The van der Waals surface area contributed by atoms with Crippen LogP contribution < -0.4 is 5.73 Å². The highest BCUT2D eigenvalue weighted by atomic mass is 16.3. The molecule has 2 N–H and O–H groups in total. The van der Waals surface area contributed by atoms with Crippen LogP contribution in [0, 0.1) is 13.8 Å². The molecule has 0 atom stereocenters. The second-order valence-corrected chi connectivity index (χ2v) is 6.51. The lowest BCUT2D eigenvalue weighted by Gasteiger charge is -2.08. The van der Waals surface area contributed by atoms with Crippen LogP contribution in [0.5, 0.6) is 0 Å². The molecule has 1 heterocycles. The van der Waals surface area contributed by atoms with Crippen LogP contribution >= 0.6 is 0 Å². The summed E-state index contributed by atoms with van der Waals surface area (Å²) in [5, 5.41) is 0. The third kappa shape index (κ3) is 3.13. The summed E-state index contributed by atoms with van der Waals surface area (Å²) in [6.45, 7) is 3.99. The number of aryl methyl sites for hydroxylation is 2. The summed E-state index contributed by atoms with van der Waals surface area (Å²) < 4.78 is 5.83.